The number of nitrogens with one attached hydrogen (secondary N) is 2. The fourth-order valence-electron chi connectivity index (χ4n) is 3.76. The van der Waals surface area contributed by atoms with Crippen LogP contribution in [0.3, 0.4) is 0 Å². The first kappa shape index (κ1) is 22.9. The third kappa shape index (κ3) is 5.21. The molecule has 1 aromatic heterocycles. The van der Waals surface area contributed by atoms with E-state index in [0.717, 1.165) is 22.3 Å². The molecule has 0 spiro atoms. The maximum atomic E-state index is 12.4. The van der Waals surface area contributed by atoms with Gasteiger partial charge in [0.25, 0.3) is 0 Å². The first-order chi connectivity index (χ1) is 16.4. The first-order valence-corrected chi connectivity index (χ1v) is 10.7. The summed E-state index contributed by atoms with van der Waals surface area (Å²) in [4.78, 5) is 43.7. The summed E-state index contributed by atoms with van der Waals surface area (Å²) >= 11 is 0. The Bertz CT molecular complexity index is 1170. The van der Waals surface area contributed by atoms with Crippen LogP contribution in [0.5, 0.6) is 0 Å². The second-order valence-electron chi connectivity index (χ2n) is 7.79. The summed E-state index contributed by atoms with van der Waals surface area (Å²) in [5.41, 5.74) is 7.46. The van der Waals surface area contributed by atoms with E-state index >= 15 is 0 Å². The average molecular weight is 461 g/mol. The van der Waals surface area contributed by atoms with E-state index < -0.39 is 24.1 Å². The summed E-state index contributed by atoms with van der Waals surface area (Å²) in [5, 5.41) is 11.4. The molecule has 1 unspecified atom stereocenters. The van der Waals surface area contributed by atoms with E-state index in [2.05, 4.69) is 27.9 Å². The molecule has 1 atom stereocenters. The fraction of sp³-hybridized carbons (Fsp3) is 0.200. The third-order valence-electron chi connectivity index (χ3n) is 5.45. The topological polar surface area (TPSA) is 127 Å². The van der Waals surface area contributed by atoms with Gasteiger partial charge < -0.3 is 9.84 Å². The summed E-state index contributed by atoms with van der Waals surface area (Å²) < 4.78 is 5.51. The van der Waals surface area contributed by atoms with Crippen molar-refractivity contribution in [3.63, 3.8) is 0 Å². The number of hydroxylamine groups is 1. The molecule has 174 valence electrons. The van der Waals surface area contributed by atoms with E-state index in [4.69, 9.17) is 14.7 Å². The quantitative estimate of drug-likeness (QED) is 0.438. The minimum atomic E-state index is -1.19. The van der Waals surface area contributed by atoms with Crippen LogP contribution in [-0.4, -0.2) is 40.8 Å². The Morgan fingerprint density at radius 1 is 1.00 bits per heavy atom. The van der Waals surface area contributed by atoms with Crippen LogP contribution in [0.25, 0.3) is 11.1 Å². The van der Waals surface area contributed by atoms with Crippen molar-refractivity contribution in [2.75, 3.05) is 11.9 Å². The number of aliphatic carboxylic acids is 1. The highest BCUT2D eigenvalue weighted by molar-refractivity contribution is 5.85. The van der Waals surface area contributed by atoms with Crippen LogP contribution in [-0.2, 0) is 25.6 Å². The molecule has 4 rings (SSSR count). The van der Waals surface area contributed by atoms with Gasteiger partial charge >= 0.3 is 12.1 Å². The number of carboxylic acid groups (broad SMARTS) is 1. The molecule has 1 heterocycles. The lowest BCUT2D eigenvalue weighted by atomic mass is 9.98. The monoisotopic (exact) mass is 461 g/mol. The molecule has 2 aromatic carbocycles. The SMILES string of the molecule is CC(ONC(=O)Cc1ccc(NC(=O)OCC2c3ccccc3-c3ccccc32)cn1)C(=O)O. The van der Waals surface area contributed by atoms with Crippen LogP contribution in [0.2, 0.25) is 0 Å². The first-order valence-electron chi connectivity index (χ1n) is 10.7. The molecule has 1 aliphatic rings. The van der Waals surface area contributed by atoms with Crippen molar-refractivity contribution in [1.82, 2.24) is 10.5 Å². The van der Waals surface area contributed by atoms with Gasteiger partial charge in [-0.15, -0.1) is 0 Å². The Hall–Kier alpha value is -4.24. The molecule has 0 saturated carbocycles. The second-order valence-corrected chi connectivity index (χ2v) is 7.79. The summed E-state index contributed by atoms with van der Waals surface area (Å²) in [6.45, 7) is 1.49. The van der Waals surface area contributed by atoms with Crippen LogP contribution in [0.15, 0.2) is 66.9 Å². The molecule has 34 heavy (non-hydrogen) atoms. The maximum Gasteiger partial charge on any atom is 0.411 e. The molecule has 0 saturated heterocycles. The second kappa shape index (κ2) is 10.1. The van der Waals surface area contributed by atoms with Crippen molar-refractivity contribution in [2.45, 2.75) is 25.4 Å². The Balaban J connectivity index is 1.29. The number of rotatable bonds is 8. The van der Waals surface area contributed by atoms with Gasteiger partial charge in [-0.2, -0.15) is 0 Å². The summed E-state index contributed by atoms with van der Waals surface area (Å²) in [5.74, 6) is -1.77. The molecule has 9 heteroatoms. The zero-order valence-corrected chi connectivity index (χ0v) is 18.4. The number of anilines is 1. The fourth-order valence-corrected chi connectivity index (χ4v) is 3.76. The van der Waals surface area contributed by atoms with E-state index in [0.29, 0.717) is 11.4 Å². The van der Waals surface area contributed by atoms with Crippen molar-refractivity contribution >= 4 is 23.7 Å². The van der Waals surface area contributed by atoms with Gasteiger partial charge in [0.15, 0.2) is 6.10 Å². The van der Waals surface area contributed by atoms with Crippen molar-refractivity contribution in [1.29, 1.82) is 0 Å². The third-order valence-corrected chi connectivity index (χ3v) is 5.45. The summed E-state index contributed by atoms with van der Waals surface area (Å²) in [6, 6.07) is 19.3. The number of benzene rings is 2. The lowest BCUT2D eigenvalue weighted by Gasteiger charge is -2.14. The Morgan fingerprint density at radius 3 is 2.24 bits per heavy atom. The van der Waals surface area contributed by atoms with E-state index in [9.17, 15) is 14.4 Å². The molecular formula is C25H23N3O6. The number of fused-ring (bicyclic) bond motifs is 3. The minimum absolute atomic E-state index is 0.0387. The molecule has 0 aliphatic heterocycles. The van der Waals surface area contributed by atoms with E-state index in [1.165, 1.54) is 13.1 Å². The average Bonchev–Trinajstić information content (AvgIpc) is 3.16. The molecule has 3 aromatic rings. The van der Waals surface area contributed by atoms with Crippen molar-refractivity contribution < 1.29 is 29.1 Å². The van der Waals surface area contributed by atoms with Gasteiger partial charge in [0.2, 0.25) is 5.91 Å². The van der Waals surface area contributed by atoms with Gasteiger partial charge in [0.05, 0.1) is 18.3 Å². The summed E-state index contributed by atoms with van der Waals surface area (Å²) in [7, 11) is 0. The Labute approximate surface area is 195 Å². The zero-order chi connectivity index (χ0) is 24.1. The number of amides is 2. The number of carboxylic acids is 1. The number of aromatic nitrogens is 1. The largest absolute Gasteiger partial charge is 0.479 e. The lowest BCUT2D eigenvalue weighted by Crippen LogP contribution is -2.33. The maximum absolute atomic E-state index is 12.4. The van der Waals surface area contributed by atoms with Crippen LogP contribution in [0.4, 0.5) is 10.5 Å². The van der Waals surface area contributed by atoms with Gasteiger partial charge in [-0.1, -0.05) is 48.5 Å². The molecule has 3 N–H and O–H groups in total. The number of ether oxygens (including phenoxy) is 1. The lowest BCUT2D eigenvalue weighted by molar-refractivity contribution is -0.158. The van der Waals surface area contributed by atoms with Gasteiger partial charge in [-0.3, -0.25) is 19.9 Å². The zero-order valence-electron chi connectivity index (χ0n) is 18.4. The number of hydrogen-bond donors (Lipinski definition) is 3. The summed E-state index contributed by atoms with van der Waals surface area (Å²) in [6.07, 6.45) is -0.478. The van der Waals surface area contributed by atoms with Crippen molar-refractivity contribution in [2.24, 2.45) is 0 Å². The molecule has 0 fully saturated rings. The Morgan fingerprint density at radius 2 is 1.65 bits per heavy atom. The van der Waals surface area contributed by atoms with Crippen LogP contribution in [0, 0.1) is 0 Å². The molecule has 0 bridgehead atoms. The number of hydrogen-bond acceptors (Lipinski definition) is 6. The Kier molecular flexibility index (Phi) is 6.84. The smallest absolute Gasteiger partial charge is 0.411 e. The minimum Gasteiger partial charge on any atom is -0.479 e. The molecule has 9 nitrogen and oxygen atoms in total. The number of carbonyl (C=O) groups is 3. The molecule has 2 amide bonds. The predicted octanol–water partition coefficient (Wildman–Crippen LogP) is 3.51. The van der Waals surface area contributed by atoms with Crippen LogP contribution >= 0.6 is 0 Å². The highest BCUT2D eigenvalue weighted by Gasteiger charge is 2.29. The normalized spacial score (nSPS) is 12.9. The number of carbonyl (C=O) groups excluding carboxylic acids is 2. The van der Waals surface area contributed by atoms with Gasteiger partial charge in [-0.05, 0) is 41.3 Å². The predicted molar refractivity (Wildman–Crippen MR) is 123 cm³/mol. The van der Waals surface area contributed by atoms with E-state index in [1.54, 1.807) is 12.1 Å². The molecule has 1 aliphatic carbocycles. The van der Waals surface area contributed by atoms with Crippen molar-refractivity contribution in [3.05, 3.63) is 83.7 Å². The van der Waals surface area contributed by atoms with Crippen LogP contribution < -0.4 is 10.8 Å². The van der Waals surface area contributed by atoms with E-state index in [-0.39, 0.29) is 18.9 Å². The molecular weight excluding hydrogens is 438 g/mol. The standard InChI is InChI=1S/C25H23N3O6/c1-15(24(30)31)34-28-23(29)12-16-10-11-17(13-26-16)27-25(32)33-14-22-20-8-4-2-6-18(20)19-7-3-5-9-21(19)22/h2-11,13,15,22H,12,14H2,1H3,(H,27,32)(H,28,29)(H,30,31). The van der Waals surface area contributed by atoms with Gasteiger partial charge in [-0.25, -0.2) is 15.1 Å². The van der Waals surface area contributed by atoms with Crippen molar-refractivity contribution in [3.8, 4) is 11.1 Å². The molecule has 0 radical (unpaired) electrons. The van der Waals surface area contributed by atoms with Gasteiger partial charge in [0, 0.05) is 11.6 Å². The highest BCUT2D eigenvalue weighted by Crippen LogP contribution is 2.44. The number of nitrogens with zero attached hydrogens (tertiary/aromatic N) is 1. The van der Waals surface area contributed by atoms with Gasteiger partial charge in [0.1, 0.15) is 6.61 Å². The highest BCUT2D eigenvalue weighted by atomic mass is 16.7. The van der Waals surface area contributed by atoms with E-state index in [1.807, 2.05) is 36.4 Å². The van der Waals surface area contributed by atoms with Crippen LogP contribution in [0.1, 0.15) is 29.7 Å². The number of pyridine rings is 1.